The van der Waals surface area contributed by atoms with E-state index in [0.717, 1.165) is 34.7 Å². The van der Waals surface area contributed by atoms with E-state index < -0.39 is 0 Å². The zero-order chi connectivity index (χ0) is 17.8. The zero-order valence-electron chi connectivity index (χ0n) is 14.8. The molecule has 1 amide bonds. The molecule has 6 heteroatoms. The third kappa shape index (κ3) is 4.07. The molecule has 1 aromatic carbocycles. The first-order valence-corrected chi connectivity index (χ1v) is 9.90. The van der Waals surface area contributed by atoms with Crippen LogP contribution in [0.5, 0.6) is 0 Å². The number of hydrogen-bond donors (Lipinski definition) is 2. The highest BCUT2D eigenvalue weighted by molar-refractivity contribution is 7.98. The maximum absolute atomic E-state index is 12.8. The van der Waals surface area contributed by atoms with E-state index in [1.165, 1.54) is 0 Å². The number of H-pyrrole nitrogens is 1. The second kappa shape index (κ2) is 7.78. The number of benzene rings is 1. The molecular formula is C19H24N4OS. The first-order chi connectivity index (χ1) is 12.1. The van der Waals surface area contributed by atoms with Crippen molar-refractivity contribution in [2.24, 2.45) is 0 Å². The molecule has 3 aromatic rings. The molecule has 0 aliphatic rings. The number of hydrogen-bond acceptors (Lipinski definition) is 3. The Morgan fingerprint density at radius 3 is 2.76 bits per heavy atom. The molecule has 0 saturated heterocycles. The lowest BCUT2D eigenvalue weighted by molar-refractivity contribution is -0.119. The number of carbonyl (C=O) groups excluding carboxylic acids is 1. The molecule has 2 N–H and O–H groups in total. The van der Waals surface area contributed by atoms with Crippen LogP contribution in [0.3, 0.4) is 0 Å². The summed E-state index contributed by atoms with van der Waals surface area (Å²) in [5.74, 6) is 2.25. The van der Waals surface area contributed by atoms with Gasteiger partial charge in [-0.25, -0.2) is 4.98 Å². The molecule has 0 radical (unpaired) electrons. The Morgan fingerprint density at radius 1 is 1.32 bits per heavy atom. The molecule has 0 aliphatic heterocycles. The van der Waals surface area contributed by atoms with Gasteiger partial charge in [0.25, 0.3) is 0 Å². The Kier molecular flexibility index (Phi) is 5.48. The van der Waals surface area contributed by atoms with E-state index in [2.05, 4.69) is 35.4 Å². The summed E-state index contributed by atoms with van der Waals surface area (Å²) >= 11 is 1.75. The van der Waals surface area contributed by atoms with E-state index in [4.69, 9.17) is 0 Å². The van der Waals surface area contributed by atoms with E-state index in [9.17, 15) is 4.79 Å². The molecule has 25 heavy (non-hydrogen) atoms. The fourth-order valence-electron chi connectivity index (χ4n) is 2.81. The summed E-state index contributed by atoms with van der Waals surface area (Å²) in [5.41, 5.74) is 2.66. The summed E-state index contributed by atoms with van der Waals surface area (Å²) in [4.78, 5) is 20.7. The maximum Gasteiger partial charge on any atom is 0.247 e. The molecule has 0 aliphatic carbocycles. The molecule has 0 saturated carbocycles. The molecule has 0 unspecified atom stereocenters. The van der Waals surface area contributed by atoms with Crippen molar-refractivity contribution >= 4 is 34.4 Å². The van der Waals surface area contributed by atoms with Gasteiger partial charge < -0.3 is 14.9 Å². The van der Waals surface area contributed by atoms with Crippen molar-refractivity contribution in [2.75, 3.05) is 17.3 Å². The highest BCUT2D eigenvalue weighted by atomic mass is 32.2. The number of fused-ring (bicyclic) bond motifs is 1. The Hall–Kier alpha value is -2.21. The summed E-state index contributed by atoms with van der Waals surface area (Å²) < 4.78 is 1.97. The third-order valence-corrected chi connectivity index (χ3v) is 4.84. The topological polar surface area (TPSA) is 62.7 Å². The second-order valence-electron chi connectivity index (χ2n) is 6.43. The summed E-state index contributed by atoms with van der Waals surface area (Å²) in [7, 11) is 0. The fourth-order valence-corrected chi connectivity index (χ4v) is 3.27. The molecule has 3 rings (SSSR count). The summed E-state index contributed by atoms with van der Waals surface area (Å²) in [6, 6.07) is 9.50. The van der Waals surface area contributed by atoms with Gasteiger partial charge in [-0.15, -0.1) is 0 Å². The first kappa shape index (κ1) is 17.6. The van der Waals surface area contributed by atoms with Gasteiger partial charge in [0.1, 0.15) is 11.9 Å². The van der Waals surface area contributed by atoms with Crippen LogP contribution in [0.4, 0.5) is 5.69 Å². The Balaban J connectivity index is 1.79. The number of rotatable bonds is 7. The van der Waals surface area contributed by atoms with Crippen molar-refractivity contribution in [1.29, 1.82) is 0 Å². The van der Waals surface area contributed by atoms with Crippen molar-refractivity contribution < 1.29 is 4.79 Å². The first-order valence-electron chi connectivity index (χ1n) is 8.50. The highest BCUT2D eigenvalue weighted by Gasteiger charge is 2.19. The predicted molar refractivity (Wildman–Crippen MR) is 105 cm³/mol. The van der Waals surface area contributed by atoms with Gasteiger partial charge in [0.05, 0.1) is 11.0 Å². The van der Waals surface area contributed by atoms with Crippen LogP contribution in [0, 0.1) is 0 Å². The van der Waals surface area contributed by atoms with Gasteiger partial charge in [0.15, 0.2) is 0 Å². The number of aromatic amines is 1. The van der Waals surface area contributed by atoms with Crippen LogP contribution in [-0.4, -0.2) is 32.5 Å². The van der Waals surface area contributed by atoms with E-state index in [0.29, 0.717) is 5.92 Å². The minimum Gasteiger partial charge on any atom is -0.342 e. The van der Waals surface area contributed by atoms with E-state index >= 15 is 0 Å². The number of carbonyl (C=O) groups is 1. The number of imidazole rings is 1. The molecule has 1 atom stereocenters. The number of amides is 1. The quantitative estimate of drug-likeness (QED) is 0.659. The van der Waals surface area contributed by atoms with Gasteiger partial charge in [-0.2, -0.15) is 11.8 Å². The molecule has 0 spiro atoms. The summed E-state index contributed by atoms with van der Waals surface area (Å²) in [6.07, 6.45) is 6.74. The molecule has 5 nitrogen and oxygen atoms in total. The molecule has 2 aromatic heterocycles. The van der Waals surface area contributed by atoms with Crippen molar-refractivity contribution in [1.82, 2.24) is 14.5 Å². The van der Waals surface area contributed by atoms with Gasteiger partial charge in [0, 0.05) is 24.0 Å². The smallest absolute Gasteiger partial charge is 0.247 e. The second-order valence-corrected chi connectivity index (χ2v) is 7.41. The van der Waals surface area contributed by atoms with Crippen LogP contribution in [0.2, 0.25) is 0 Å². The number of nitrogens with one attached hydrogen (secondary N) is 2. The van der Waals surface area contributed by atoms with Crippen molar-refractivity contribution in [3.05, 3.63) is 48.5 Å². The minimum atomic E-state index is -0.203. The fraction of sp³-hybridized carbons (Fsp3) is 0.368. The van der Waals surface area contributed by atoms with Gasteiger partial charge >= 0.3 is 0 Å². The molecule has 0 fully saturated rings. The predicted octanol–water partition coefficient (Wildman–Crippen LogP) is 4.42. The molecule has 132 valence electrons. The number of aromatic nitrogens is 3. The van der Waals surface area contributed by atoms with Crippen molar-refractivity contribution in [2.45, 2.75) is 32.2 Å². The Bertz CT molecular complexity index is 838. The largest absolute Gasteiger partial charge is 0.342 e. The van der Waals surface area contributed by atoms with E-state index in [1.807, 2.05) is 47.3 Å². The lowest BCUT2D eigenvalue weighted by Crippen LogP contribution is -2.25. The molecule has 0 bridgehead atoms. The number of nitrogens with zero attached hydrogens (tertiary/aromatic N) is 2. The standard InChI is InChI=1S/C19H24N4OS/c1-13(2)18-21-15-7-6-14(12-16(15)22-18)20-19(24)17(8-11-25-3)23-9-4-5-10-23/h4-7,9-10,12-13,17H,8,11H2,1-3H3,(H,20,24)(H,21,22)/t17-/m0/s1. The number of thioether (sulfide) groups is 1. The van der Waals surface area contributed by atoms with Crippen LogP contribution < -0.4 is 5.32 Å². The lowest BCUT2D eigenvalue weighted by atomic mass is 10.2. The molecular weight excluding hydrogens is 332 g/mol. The SMILES string of the molecule is CSCC[C@@H](C(=O)Nc1ccc2nc(C(C)C)[nH]c2c1)n1cccc1. The van der Waals surface area contributed by atoms with E-state index in [1.54, 1.807) is 11.8 Å². The summed E-state index contributed by atoms with van der Waals surface area (Å²) in [6.45, 7) is 4.21. The zero-order valence-corrected chi connectivity index (χ0v) is 15.6. The average molecular weight is 356 g/mol. The maximum atomic E-state index is 12.8. The lowest BCUT2D eigenvalue weighted by Gasteiger charge is -2.18. The van der Waals surface area contributed by atoms with Crippen LogP contribution in [0.1, 0.15) is 38.1 Å². The Morgan fingerprint density at radius 2 is 2.08 bits per heavy atom. The van der Waals surface area contributed by atoms with Crippen LogP contribution in [-0.2, 0) is 4.79 Å². The number of anilines is 1. The third-order valence-electron chi connectivity index (χ3n) is 4.20. The normalized spacial score (nSPS) is 12.6. The van der Waals surface area contributed by atoms with Gasteiger partial charge in [-0.3, -0.25) is 4.79 Å². The van der Waals surface area contributed by atoms with Crippen molar-refractivity contribution in [3.63, 3.8) is 0 Å². The Labute approximate surface area is 152 Å². The monoisotopic (exact) mass is 356 g/mol. The van der Waals surface area contributed by atoms with Gasteiger partial charge in [-0.1, -0.05) is 13.8 Å². The van der Waals surface area contributed by atoms with E-state index in [-0.39, 0.29) is 11.9 Å². The van der Waals surface area contributed by atoms with Crippen molar-refractivity contribution in [3.8, 4) is 0 Å². The minimum absolute atomic E-state index is 0.00759. The van der Waals surface area contributed by atoms with Crippen LogP contribution in [0.15, 0.2) is 42.7 Å². The molecule has 2 heterocycles. The summed E-state index contributed by atoms with van der Waals surface area (Å²) in [5, 5.41) is 3.05. The van der Waals surface area contributed by atoms with Gasteiger partial charge in [0.2, 0.25) is 5.91 Å². The average Bonchev–Trinajstić information content (AvgIpc) is 3.24. The van der Waals surface area contributed by atoms with Crippen LogP contribution in [0.25, 0.3) is 11.0 Å². The van der Waals surface area contributed by atoms with Gasteiger partial charge in [-0.05, 0) is 48.8 Å². The highest BCUT2D eigenvalue weighted by Crippen LogP contribution is 2.22. The van der Waals surface area contributed by atoms with Crippen LogP contribution >= 0.6 is 11.8 Å².